The minimum atomic E-state index is -0.531. The van der Waals surface area contributed by atoms with Crippen molar-refractivity contribution in [2.24, 2.45) is 23.7 Å². The van der Waals surface area contributed by atoms with Crippen LogP contribution in [0.1, 0.15) is 40.0 Å². The number of hydrogen-bond acceptors (Lipinski definition) is 2. The van der Waals surface area contributed by atoms with Crippen LogP contribution in [0.2, 0.25) is 0 Å². The van der Waals surface area contributed by atoms with Crippen LogP contribution in [0.5, 0.6) is 0 Å². The maximum absolute atomic E-state index is 12.5. The normalized spacial score (nSPS) is 40.3. The van der Waals surface area contributed by atoms with Gasteiger partial charge in [-0.05, 0) is 44.9 Å². The Kier molecular flexibility index (Phi) is 3.76. The van der Waals surface area contributed by atoms with E-state index in [-0.39, 0.29) is 23.5 Å². The van der Waals surface area contributed by atoms with E-state index in [4.69, 9.17) is 0 Å². The number of allylic oxidation sites excluding steroid dienone is 2. The molecule has 0 aromatic rings. The molecule has 2 rings (SSSR count). The Hall–Kier alpha value is -0.890. The van der Waals surface area contributed by atoms with E-state index < -0.39 is 6.10 Å². The number of aliphatic hydroxyl groups is 1. The molecule has 0 radical (unpaired) electrons. The summed E-state index contributed by atoms with van der Waals surface area (Å²) in [6.45, 7) is 10.1. The number of hydrogen-bond donors (Lipinski definition) is 1. The van der Waals surface area contributed by atoms with Gasteiger partial charge in [0.1, 0.15) is 5.78 Å². The number of fused-ring (bicyclic) bond motifs is 2. The van der Waals surface area contributed by atoms with Crippen molar-refractivity contribution in [3.8, 4) is 0 Å². The van der Waals surface area contributed by atoms with Gasteiger partial charge in [-0.2, -0.15) is 0 Å². The average Bonchev–Trinajstić information content (AvgIpc) is 2.36. The van der Waals surface area contributed by atoms with Crippen LogP contribution < -0.4 is 0 Å². The van der Waals surface area contributed by atoms with Gasteiger partial charge < -0.3 is 5.11 Å². The number of rotatable bonds is 1. The van der Waals surface area contributed by atoms with Crippen molar-refractivity contribution >= 4 is 5.78 Å². The molecule has 0 heterocycles. The second kappa shape index (κ2) is 5.00. The molecule has 1 unspecified atom stereocenters. The maximum Gasteiger partial charge on any atom is 0.145 e. The van der Waals surface area contributed by atoms with Crippen LogP contribution in [0.3, 0.4) is 0 Å². The molecule has 0 spiro atoms. The van der Waals surface area contributed by atoms with E-state index in [1.165, 1.54) is 5.57 Å². The zero-order valence-electron chi connectivity index (χ0n) is 11.6. The molecular weight excluding hydrogens is 224 g/mol. The van der Waals surface area contributed by atoms with Gasteiger partial charge in [0.2, 0.25) is 0 Å². The Balaban J connectivity index is 2.35. The van der Waals surface area contributed by atoms with E-state index in [2.05, 4.69) is 6.58 Å². The SMILES string of the molecule is C=C1CC2C[C@H](C1)[C@@H](C)C(=O)[C@H](C=C(C)C)[C@H]2O. The second-order valence-electron chi connectivity index (χ2n) is 6.37. The molecule has 0 aliphatic heterocycles. The lowest BCUT2D eigenvalue weighted by atomic mass is 9.74. The molecule has 2 nitrogen and oxygen atoms in total. The summed E-state index contributed by atoms with van der Waals surface area (Å²) >= 11 is 0. The second-order valence-corrected chi connectivity index (χ2v) is 6.37. The van der Waals surface area contributed by atoms with Gasteiger partial charge in [-0.15, -0.1) is 0 Å². The van der Waals surface area contributed by atoms with Crippen LogP contribution in [0.4, 0.5) is 0 Å². The first-order valence-electron chi connectivity index (χ1n) is 6.93. The average molecular weight is 248 g/mol. The molecule has 5 atom stereocenters. The van der Waals surface area contributed by atoms with Crippen molar-refractivity contribution in [3.05, 3.63) is 23.8 Å². The Bertz CT molecular complexity index is 390. The van der Waals surface area contributed by atoms with E-state index in [0.29, 0.717) is 5.92 Å². The van der Waals surface area contributed by atoms with Crippen molar-refractivity contribution in [2.75, 3.05) is 0 Å². The fourth-order valence-electron chi connectivity index (χ4n) is 3.56. The van der Waals surface area contributed by atoms with E-state index in [1.807, 2.05) is 26.8 Å². The lowest BCUT2D eigenvalue weighted by Gasteiger charge is -2.32. The van der Waals surface area contributed by atoms with Crippen molar-refractivity contribution in [1.82, 2.24) is 0 Å². The zero-order valence-corrected chi connectivity index (χ0v) is 11.6. The maximum atomic E-state index is 12.5. The molecular formula is C16H24O2. The third kappa shape index (κ3) is 2.44. The standard InChI is InChI=1S/C16H24O2/c1-9(2)5-14-15(17)11(4)12-6-10(3)7-13(8-12)16(14)18/h5,11-14,16,18H,3,6-8H2,1-2,4H3/t11-,12+,13?,14+,16+/m1/s1. The van der Waals surface area contributed by atoms with Crippen molar-refractivity contribution in [1.29, 1.82) is 0 Å². The molecule has 2 aliphatic carbocycles. The third-order valence-electron chi connectivity index (χ3n) is 4.56. The van der Waals surface area contributed by atoms with Gasteiger partial charge in [0, 0.05) is 5.92 Å². The smallest absolute Gasteiger partial charge is 0.145 e. The molecule has 0 saturated heterocycles. The molecule has 2 aliphatic rings. The molecule has 2 saturated carbocycles. The molecule has 100 valence electrons. The highest BCUT2D eigenvalue weighted by atomic mass is 16.3. The Morgan fingerprint density at radius 3 is 2.56 bits per heavy atom. The van der Waals surface area contributed by atoms with Crippen LogP contribution in [0, 0.1) is 23.7 Å². The van der Waals surface area contributed by atoms with E-state index in [1.54, 1.807) is 0 Å². The Labute approximate surface area is 110 Å². The van der Waals surface area contributed by atoms with Crippen molar-refractivity contribution in [2.45, 2.75) is 46.1 Å². The van der Waals surface area contributed by atoms with Crippen molar-refractivity contribution in [3.63, 3.8) is 0 Å². The van der Waals surface area contributed by atoms with Crippen LogP contribution >= 0.6 is 0 Å². The van der Waals surface area contributed by atoms with Crippen molar-refractivity contribution < 1.29 is 9.90 Å². The van der Waals surface area contributed by atoms with Gasteiger partial charge in [-0.3, -0.25) is 4.79 Å². The third-order valence-corrected chi connectivity index (χ3v) is 4.56. The summed E-state index contributed by atoms with van der Waals surface area (Å²) in [5.41, 5.74) is 2.31. The predicted octanol–water partition coefficient (Wildman–Crippen LogP) is 3.12. The molecule has 0 aromatic carbocycles. The van der Waals surface area contributed by atoms with Crippen LogP contribution in [0.25, 0.3) is 0 Å². The van der Waals surface area contributed by atoms with Gasteiger partial charge in [0.15, 0.2) is 0 Å². The van der Waals surface area contributed by atoms with Crippen LogP contribution in [0.15, 0.2) is 23.8 Å². The first kappa shape index (κ1) is 13.5. The first-order valence-corrected chi connectivity index (χ1v) is 6.93. The zero-order chi connectivity index (χ0) is 13.4. The summed E-state index contributed by atoms with van der Waals surface area (Å²) in [4.78, 5) is 12.5. The molecule has 2 heteroatoms. The Morgan fingerprint density at radius 2 is 1.94 bits per heavy atom. The fourth-order valence-corrected chi connectivity index (χ4v) is 3.56. The molecule has 2 bridgehead atoms. The van der Waals surface area contributed by atoms with E-state index >= 15 is 0 Å². The summed E-state index contributed by atoms with van der Waals surface area (Å²) in [6, 6.07) is 0. The van der Waals surface area contributed by atoms with E-state index in [9.17, 15) is 9.90 Å². The number of carbonyl (C=O) groups excluding carboxylic acids is 1. The van der Waals surface area contributed by atoms with Crippen LogP contribution in [-0.2, 0) is 4.79 Å². The molecule has 1 N–H and O–H groups in total. The number of ketones is 1. The minimum absolute atomic E-state index is 0.0438. The van der Waals surface area contributed by atoms with Gasteiger partial charge in [-0.1, -0.05) is 30.7 Å². The first-order chi connectivity index (χ1) is 8.40. The topological polar surface area (TPSA) is 37.3 Å². The largest absolute Gasteiger partial charge is 0.392 e. The number of aliphatic hydroxyl groups excluding tert-OH is 1. The minimum Gasteiger partial charge on any atom is -0.392 e. The lowest BCUT2D eigenvalue weighted by Crippen LogP contribution is -2.32. The van der Waals surface area contributed by atoms with Crippen LogP contribution in [-0.4, -0.2) is 17.0 Å². The lowest BCUT2D eigenvalue weighted by molar-refractivity contribution is -0.128. The summed E-state index contributed by atoms with van der Waals surface area (Å²) in [7, 11) is 0. The molecule has 2 fully saturated rings. The Morgan fingerprint density at radius 1 is 1.33 bits per heavy atom. The highest BCUT2D eigenvalue weighted by Crippen LogP contribution is 2.44. The highest BCUT2D eigenvalue weighted by molar-refractivity contribution is 5.86. The monoisotopic (exact) mass is 248 g/mol. The molecule has 0 aromatic heterocycles. The molecule has 18 heavy (non-hydrogen) atoms. The van der Waals surface area contributed by atoms with Gasteiger partial charge >= 0.3 is 0 Å². The summed E-state index contributed by atoms with van der Waals surface area (Å²) in [6.07, 6.45) is 4.23. The summed E-state index contributed by atoms with van der Waals surface area (Å²) in [5.74, 6) is 0.541. The van der Waals surface area contributed by atoms with E-state index in [0.717, 1.165) is 24.8 Å². The van der Waals surface area contributed by atoms with Gasteiger partial charge in [0.05, 0.1) is 12.0 Å². The number of carbonyl (C=O) groups is 1. The predicted molar refractivity (Wildman–Crippen MR) is 73.1 cm³/mol. The number of Topliss-reactive ketones (excluding diaryl/α,β-unsaturated/α-hetero) is 1. The molecule has 0 amide bonds. The van der Waals surface area contributed by atoms with Gasteiger partial charge in [0.25, 0.3) is 0 Å². The summed E-state index contributed by atoms with van der Waals surface area (Å²) < 4.78 is 0. The highest BCUT2D eigenvalue weighted by Gasteiger charge is 2.43. The van der Waals surface area contributed by atoms with Gasteiger partial charge in [-0.25, -0.2) is 0 Å². The quantitative estimate of drug-likeness (QED) is 0.724. The fraction of sp³-hybridized carbons (Fsp3) is 0.688. The summed E-state index contributed by atoms with van der Waals surface area (Å²) in [5, 5.41) is 10.5.